The van der Waals surface area contributed by atoms with Gasteiger partial charge in [-0.05, 0) is 19.1 Å². The number of oxime groups is 1. The first-order valence-corrected chi connectivity index (χ1v) is 6.93. The lowest BCUT2D eigenvalue weighted by molar-refractivity contribution is -0.655. The Morgan fingerprint density at radius 3 is 2.62 bits per heavy atom. The van der Waals surface area contributed by atoms with Crippen molar-refractivity contribution in [3.05, 3.63) is 78.0 Å². The van der Waals surface area contributed by atoms with E-state index in [1.54, 1.807) is 0 Å². The molecule has 0 fully saturated rings. The van der Waals surface area contributed by atoms with Crippen molar-refractivity contribution in [2.45, 2.75) is 13.5 Å². The largest absolute Gasteiger partial charge is 0.410 e. The number of aryl methyl sites for hydroxylation is 1. The van der Waals surface area contributed by atoms with Crippen molar-refractivity contribution in [1.29, 1.82) is 0 Å². The Hall–Kier alpha value is -2.68. The van der Waals surface area contributed by atoms with E-state index >= 15 is 0 Å². The van der Waals surface area contributed by atoms with Gasteiger partial charge in [0.05, 0.1) is 0 Å². The van der Waals surface area contributed by atoms with E-state index in [0.29, 0.717) is 12.3 Å². The predicted octanol–water partition coefficient (Wildman–Crippen LogP) is 3.31. The molecule has 3 heteroatoms. The fourth-order valence-electron chi connectivity index (χ4n) is 2.51. The van der Waals surface area contributed by atoms with Crippen LogP contribution in [0.4, 0.5) is 0 Å². The SMILES string of the molecule is Cc1ccc2c(ccc[n+]2C/C(=N/O)c2ccccc2)c1. The van der Waals surface area contributed by atoms with Gasteiger partial charge in [-0.3, -0.25) is 0 Å². The van der Waals surface area contributed by atoms with Crippen LogP contribution >= 0.6 is 0 Å². The molecular formula is C18H17N2O+. The molecule has 2 aromatic carbocycles. The Kier molecular flexibility index (Phi) is 3.65. The second-order valence-corrected chi connectivity index (χ2v) is 5.11. The fourth-order valence-corrected chi connectivity index (χ4v) is 2.51. The smallest absolute Gasteiger partial charge is 0.212 e. The van der Waals surface area contributed by atoms with Crippen molar-refractivity contribution < 1.29 is 9.77 Å². The molecule has 1 aromatic heterocycles. The van der Waals surface area contributed by atoms with Crippen LogP contribution in [0, 0.1) is 6.92 Å². The van der Waals surface area contributed by atoms with Crippen LogP contribution in [0.25, 0.3) is 10.9 Å². The van der Waals surface area contributed by atoms with Gasteiger partial charge in [-0.1, -0.05) is 47.1 Å². The van der Waals surface area contributed by atoms with Gasteiger partial charge in [0, 0.05) is 23.1 Å². The van der Waals surface area contributed by atoms with E-state index in [1.807, 2.05) is 42.6 Å². The molecule has 0 saturated carbocycles. The predicted molar refractivity (Wildman–Crippen MR) is 83.6 cm³/mol. The molecule has 0 aliphatic rings. The second-order valence-electron chi connectivity index (χ2n) is 5.11. The summed E-state index contributed by atoms with van der Waals surface area (Å²) in [5, 5.41) is 14.0. The molecule has 0 spiro atoms. The molecular weight excluding hydrogens is 260 g/mol. The number of hydrogen-bond acceptors (Lipinski definition) is 2. The standard InChI is InChI=1S/C18H16N2O/c1-14-9-10-18-16(12-14)8-5-11-20(18)13-17(19-21)15-6-3-2-4-7-15/h2-12H,13H2,1H3/p+1/b19-17-. The summed E-state index contributed by atoms with van der Waals surface area (Å²) in [6.45, 7) is 2.61. The molecule has 0 saturated heterocycles. The van der Waals surface area contributed by atoms with Gasteiger partial charge < -0.3 is 5.21 Å². The minimum atomic E-state index is 0.529. The first-order chi connectivity index (χ1) is 10.3. The van der Waals surface area contributed by atoms with E-state index in [-0.39, 0.29) is 0 Å². The quantitative estimate of drug-likeness (QED) is 0.339. The number of pyridine rings is 1. The number of rotatable bonds is 3. The van der Waals surface area contributed by atoms with Crippen LogP contribution < -0.4 is 4.57 Å². The fraction of sp³-hybridized carbons (Fsp3) is 0.111. The van der Waals surface area contributed by atoms with Crippen LogP contribution in [-0.4, -0.2) is 10.9 Å². The summed E-state index contributed by atoms with van der Waals surface area (Å²) >= 11 is 0. The van der Waals surface area contributed by atoms with Crippen LogP contribution in [0.3, 0.4) is 0 Å². The first-order valence-electron chi connectivity index (χ1n) is 6.93. The Morgan fingerprint density at radius 2 is 1.86 bits per heavy atom. The third-order valence-corrected chi connectivity index (χ3v) is 3.58. The minimum Gasteiger partial charge on any atom is -0.410 e. The van der Waals surface area contributed by atoms with Crippen LogP contribution in [-0.2, 0) is 6.54 Å². The Labute approximate surface area is 123 Å². The lowest BCUT2D eigenvalue weighted by Gasteiger charge is -2.04. The molecule has 1 N–H and O–H groups in total. The highest BCUT2D eigenvalue weighted by molar-refractivity contribution is 5.99. The molecule has 0 unspecified atom stereocenters. The Morgan fingerprint density at radius 1 is 1.05 bits per heavy atom. The van der Waals surface area contributed by atoms with E-state index in [0.717, 1.165) is 11.1 Å². The van der Waals surface area contributed by atoms with Crippen molar-refractivity contribution in [1.82, 2.24) is 0 Å². The van der Waals surface area contributed by atoms with Crippen molar-refractivity contribution in [2.24, 2.45) is 5.16 Å². The third-order valence-electron chi connectivity index (χ3n) is 3.58. The van der Waals surface area contributed by atoms with Gasteiger partial charge in [0.1, 0.15) is 0 Å². The number of nitrogens with zero attached hydrogens (tertiary/aromatic N) is 2. The molecule has 3 aromatic rings. The highest BCUT2D eigenvalue weighted by Crippen LogP contribution is 2.12. The molecule has 0 aliphatic heterocycles. The lowest BCUT2D eigenvalue weighted by Crippen LogP contribution is -2.38. The summed E-state index contributed by atoms with van der Waals surface area (Å²) in [5.74, 6) is 0. The number of fused-ring (bicyclic) bond motifs is 1. The Bertz CT molecular complexity index is 795. The molecule has 0 radical (unpaired) electrons. The van der Waals surface area contributed by atoms with Gasteiger partial charge in [-0.25, -0.2) is 0 Å². The van der Waals surface area contributed by atoms with Crippen LogP contribution in [0.5, 0.6) is 0 Å². The zero-order valence-corrected chi connectivity index (χ0v) is 11.9. The van der Waals surface area contributed by atoms with Crippen LogP contribution in [0.15, 0.2) is 72.0 Å². The van der Waals surface area contributed by atoms with E-state index in [2.05, 4.69) is 40.9 Å². The molecule has 1 heterocycles. The van der Waals surface area contributed by atoms with E-state index in [9.17, 15) is 5.21 Å². The summed E-state index contributed by atoms with van der Waals surface area (Å²) in [6.07, 6.45) is 2.01. The average molecular weight is 277 g/mol. The van der Waals surface area contributed by atoms with Gasteiger partial charge in [0.25, 0.3) is 0 Å². The zero-order valence-electron chi connectivity index (χ0n) is 11.9. The van der Waals surface area contributed by atoms with E-state index < -0.39 is 0 Å². The summed E-state index contributed by atoms with van der Waals surface area (Å²) in [7, 11) is 0. The maximum absolute atomic E-state index is 9.33. The molecule has 3 nitrogen and oxygen atoms in total. The van der Waals surface area contributed by atoms with Crippen molar-refractivity contribution in [3.8, 4) is 0 Å². The lowest BCUT2D eigenvalue weighted by atomic mass is 10.1. The highest BCUT2D eigenvalue weighted by Gasteiger charge is 2.14. The second kappa shape index (κ2) is 5.75. The molecule has 0 amide bonds. The molecule has 0 aliphatic carbocycles. The molecule has 0 bridgehead atoms. The Balaban J connectivity index is 2.02. The third kappa shape index (κ3) is 2.77. The van der Waals surface area contributed by atoms with Crippen molar-refractivity contribution in [2.75, 3.05) is 0 Å². The van der Waals surface area contributed by atoms with Crippen LogP contribution in [0.2, 0.25) is 0 Å². The summed E-state index contributed by atoms with van der Waals surface area (Å²) in [4.78, 5) is 0. The zero-order chi connectivity index (χ0) is 14.7. The average Bonchev–Trinajstić information content (AvgIpc) is 2.53. The highest BCUT2D eigenvalue weighted by atomic mass is 16.4. The van der Waals surface area contributed by atoms with Gasteiger partial charge in [-0.15, -0.1) is 0 Å². The van der Waals surface area contributed by atoms with E-state index in [4.69, 9.17) is 0 Å². The summed E-state index contributed by atoms with van der Waals surface area (Å²) in [5.41, 5.74) is 3.94. The topological polar surface area (TPSA) is 36.5 Å². The monoisotopic (exact) mass is 277 g/mol. The van der Waals surface area contributed by atoms with Crippen molar-refractivity contribution in [3.63, 3.8) is 0 Å². The van der Waals surface area contributed by atoms with Gasteiger partial charge in [-0.2, -0.15) is 4.57 Å². The number of aromatic nitrogens is 1. The van der Waals surface area contributed by atoms with Crippen LogP contribution in [0.1, 0.15) is 11.1 Å². The molecule has 0 atom stereocenters. The van der Waals surface area contributed by atoms with Gasteiger partial charge in [0.15, 0.2) is 18.5 Å². The first kappa shape index (κ1) is 13.3. The minimum absolute atomic E-state index is 0.529. The number of hydrogen-bond donors (Lipinski definition) is 1. The van der Waals surface area contributed by atoms with Gasteiger partial charge in [0.2, 0.25) is 5.52 Å². The normalized spacial score (nSPS) is 11.8. The van der Waals surface area contributed by atoms with E-state index in [1.165, 1.54) is 10.9 Å². The maximum Gasteiger partial charge on any atom is 0.212 e. The van der Waals surface area contributed by atoms with Gasteiger partial charge >= 0.3 is 0 Å². The van der Waals surface area contributed by atoms with Crippen molar-refractivity contribution >= 4 is 16.6 Å². The maximum atomic E-state index is 9.33. The molecule has 3 rings (SSSR count). The number of benzene rings is 2. The molecule has 21 heavy (non-hydrogen) atoms. The summed E-state index contributed by atoms with van der Waals surface area (Å²) < 4.78 is 2.09. The summed E-state index contributed by atoms with van der Waals surface area (Å²) in [6, 6.07) is 20.2. The molecule has 104 valence electrons.